The minimum atomic E-state index is -3.74. The zero-order valence-corrected chi connectivity index (χ0v) is 13.3. The highest BCUT2D eigenvalue weighted by molar-refractivity contribution is 7.93. The van der Waals surface area contributed by atoms with Crippen molar-refractivity contribution in [3.05, 3.63) is 41.2 Å². The number of hydrogen-bond acceptors (Lipinski definition) is 5. The third-order valence-corrected chi connectivity index (χ3v) is 5.08. The second-order valence-corrected chi connectivity index (χ2v) is 6.96. The van der Waals surface area contributed by atoms with Crippen molar-refractivity contribution < 1.29 is 12.8 Å². The second-order valence-electron chi connectivity index (χ2n) is 4.42. The van der Waals surface area contributed by atoms with E-state index in [0.717, 1.165) is 24.4 Å². The van der Waals surface area contributed by atoms with Gasteiger partial charge in [0.15, 0.2) is 5.13 Å². The summed E-state index contributed by atoms with van der Waals surface area (Å²) in [5, 5.41) is 5.29. The lowest BCUT2D eigenvalue weighted by Crippen LogP contribution is -2.18. The molecule has 0 spiro atoms. The smallest absolute Gasteiger partial charge is 0.263 e. The topological polar surface area (TPSA) is 71.1 Å². The van der Waals surface area contributed by atoms with Crippen molar-refractivity contribution in [1.29, 1.82) is 0 Å². The molecule has 0 aliphatic carbocycles. The highest BCUT2D eigenvalue weighted by Crippen LogP contribution is 2.23. The predicted octanol–water partition coefficient (Wildman–Crippen LogP) is 2.75. The number of rotatable bonds is 6. The molecule has 0 radical (unpaired) electrons. The van der Waals surface area contributed by atoms with Crippen LogP contribution in [0.2, 0.25) is 0 Å². The van der Waals surface area contributed by atoms with E-state index >= 15 is 0 Å². The minimum absolute atomic E-state index is 0.000353. The minimum Gasteiger partial charge on any atom is -0.309 e. The van der Waals surface area contributed by atoms with E-state index in [-0.39, 0.29) is 10.9 Å². The fraction of sp³-hybridized carbons (Fsp3) is 0.308. The zero-order valence-electron chi connectivity index (χ0n) is 11.6. The number of nitrogens with one attached hydrogen (secondary N) is 2. The molecule has 2 aromatic rings. The maximum Gasteiger partial charge on any atom is 0.263 e. The Labute approximate surface area is 127 Å². The fourth-order valence-electron chi connectivity index (χ4n) is 1.73. The Kier molecular flexibility index (Phi) is 4.92. The first-order chi connectivity index (χ1) is 9.92. The van der Waals surface area contributed by atoms with Crippen LogP contribution < -0.4 is 10.0 Å². The standard InChI is InChI=1S/C13H16FN3O2S2/c1-3-15-9(2)12-8-20-13(16-12)17-21(18,19)11-6-4-10(14)5-7-11/h4-9,15H,3H2,1-2H3,(H,16,17). The van der Waals surface area contributed by atoms with Crippen LogP contribution >= 0.6 is 11.3 Å². The van der Waals surface area contributed by atoms with Crippen LogP contribution in [0.5, 0.6) is 0 Å². The molecule has 1 aromatic carbocycles. The van der Waals surface area contributed by atoms with E-state index < -0.39 is 15.8 Å². The van der Waals surface area contributed by atoms with Crippen molar-refractivity contribution >= 4 is 26.5 Å². The molecule has 2 N–H and O–H groups in total. The quantitative estimate of drug-likeness (QED) is 0.855. The molecule has 114 valence electrons. The first kappa shape index (κ1) is 15.9. The van der Waals surface area contributed by atoms with Gasteiger partial charge in [-0.2, -0.15) is 0 Å². The summed E-state index contributed by atoms with van der Waals surface area (Å²) in [5.74, 6) is -0.482. The molecule has 0 fully saturated rings. The highest BCUT2D eigenvalue weighted by atomic mass is 32.2. The Morgan fingerprint density at radius 2 is 2.00 bits per heavy atom. The first-order valence-electron chi connectivity index (χ1n) is 6.39. The summed E-state index contributed by atoms with van der Waals surface area (Å²) in [5.41, 5.74) is 0.777. The Balaban J connectivity index is 2.15. The molecular formula is C13H16FN3O2S2. The van der Waals surface area contributed by atoms with Crippen molar-refractivity contribution in [2.45, 2.75) is 24.8 Å². The summed E-state index contributed by atoms with van der Waals surface area (Å²) >= 11 is 1.21. The Morgan fingerprint density at radius 3 is 2.62 bits per heavy atom. The summed E-state index contributed by atoms with van der Waals surface area (Å²) in [6.45, 7) is 4.74. The maximum absolute atomic E-state index is 12.8. The number of thiazole rings is 1. The molecule has 0 aliphatic heterocycles. The third-order valence-electron chi connectivity index (χ3n) is 2.82. The lowest BCUT2D eigenvalue weighted by molar-refractivity contribution is 0.586. The second kappa shape index (κ2) is 6.50. The van der Waals surface area contributed by atoms with Crippen LogP contribution in [0.1, 0.15) is 25.6 Å². The molecule has 1 aromatic heterocycles. The van der Waals surface area contributed by atoms with Crippen LogP contribution in [0, 0.1) is 5.82 Å². The molecular weight excluding hydrogens is 313 g/mol. The normalized spacial score (nSPS) is 13.1. The molecule has 1 unspecified atom stereocenters. The van der Waals surface area contributed by atoms with Gasteiger partial charge in [0, 0.05) is 11.4 Å². The Bertz CT molecular complexity index is 698. The van der Waals surface area contributed by atoms with Crippen LogP contribution in [0.15, 0.2) is 34.5 Å². The fourth-order valence-corrected chi connectivity index (χ4v) is 3.79. The van der Waals surface area contributed by atoms with Gasteiger partial charge in [0.05, 0.1) is 10.6 Å². The van der Waals surface area contributed by atoms with Gasteiger partial charge in [-0.1, -0.05) is 6.92 Å². The zero-order chi connectivity index (χ0) is 15.5. The molecule has 0 saturated carbocycles. The average molecular weight is 329 g/mol. The van der Waals surface area contributed by atoms with E-state index in [1.165, 1.54) is 23.5 Å². The van der Waals surface area contributed by atoms with E-state index in [2.05, 4.69) is 15.0 Å². The monoisotopic (exact) mass is 329 g/mol. The van der Waals surface area contributed by atoms with E-state index in [1.54, 1.807) is 5.38 Å². The third kappa shape index (κ3) is 3.99. The van der Waals surface area contributed by atoms with Crippen LogP contribution in [-0.2, 0) is 10.0 Å². The molecule has 2 rings (SSSR count). The molecule has 0 bridgehead atoms. The number of anilines is 1. The number of hydrogen-bond donors (Lipinski definition) is 2. The Morgan fingerprint density at radius 1 is 1.33 bits per heavy atom. The van der Waals surface area contributed by atoms with E-state index in [4.69, 9.17) is 0 Å². The summed E-state index contributed by atoms with van der Waals surface area (Å²) < 4.78 is 39.5. The van der Waals surface area contributed by atoms with Gasteiger partial charge in [0.2, 0.25) is 0 Å². The molecule has 0 saturated heterocycles. The summed E-state index contributed by atoms with van der Waals surface area (Å²) in [4.78, 5) is 4.25. The predicted molar refractivity (Wildman–Crippen MR) is 81.4 cm³/mol. The van der Waals surface area contributed by atoms with E-state index in [1.807, 2.05) is 13.8 Å². The molecule has 1 heterocycles. The summed E-state index contributed by atoms with van der Waals surface area (Å²) in [7, 11) is -3.74. The van der Waals surface area contributed by atoms with Gasteiger partial charge < -0.3 is 5.32 Å². The highest BCUT2D eigenvalue weighted by Gasteiger charge is 2.17. The largest absolute Gasteiger partial charge is 0.309 e. The van der Waals surface area contributed by atoms with Crippen LogP contribution in [0.4, 0.5) is 9.52 Å². The van der Waals surface area contributed by atoms with Crippen LogP contribution in [0.25, 0.3) is 0 Å². The number of benzene rings is 1. The van der Waals surface area contributed by atoms with Crippen LogP contribution in [-0.4, -0.2) is 19.9 Å². The first-order valence-corrected chi connectivity index (χ1v) is 8.76. The number of aromatic nitrogens is 1. The molecule has 0 aliphatic rings. The molecule has 0 amide bonds. The van der Waals surface area contributed by atoms with Crippen molar-refractivity contribution in [2.24, 2.45) is 0 Å². The Hall–Kier alpha value is -1.51. The van der Waals surface area contributed by atoms with Crippen molar-refractivity contribution in [3.63, 3.8) is 0 Å². The molecule has 8 heteroatoms. The molecule has 1 atom stereocenters. The van der Waals surface area contributed by atoms with Crippen molar-refractivity contribution in [3.8, 4) is 0 Å². The van der Waals surface area contributed by atoms with Gasteiger partial charge in [-0.15, -0.1) is 11.3 Å². The van der Waals surface area contributed by atoms with E-state index in [9.17, 15) is 12.8 Å². The number of nitrogens with zero attached hydrogens (tertiary/aromatic N) is 1. The maximum atomic E-state index is 12.8. The van der Waals surface area contributed by atoms with Crippen molar-refractivity contribution in [2.75, 3.05) is 11.3 Å². The van der Waals surface area contributed by atoms with E-state index in [0.29, 0.717) is 5.13 Å². The molecule has 5 nitrogen and oxygen atoms in total. The van der Waals surface area contributed by atoms with Crippen LogP contribution in [0.3, 0.4) is 0 Å². The van der Waals surface area contributed by atoms with Gasteiger partial charge in [-0.05, 0) is 37.7 Å². The van der Waals surface area contributed by atoms with Gasteiger partial charge in [0.1, 0.15) is 5.82 Å². The summed E-state index contributed by atoms with van der Waals surface area (Å²) in [6.07, 6.45) is 0. The number of halogens is 1. The van der Waals surface area contributed by atoms with Crippen molar-refractivity contribution in [1.82, 2.24) is 10.3 Å². The number of sulfonamides is 1. The van der Waals surface area contributed by atoms with Gasteiger partial charge in [-0.3, -0.25) is 4.72 Å². The average Bonchev–Trinajstić information content (AvgIpc) is 2.87. The SMILES string of the molecule is CCNC(C)c1csc(NS(=O)(=O)c2ccc(F)cc2)n1. The molecule has 21 heavy (non-hydrogen) atoms. The lowest BCUT2D eigenvalue weighted by Gasteiger charge is -2.08. The van der Waals surface area contributed by atoms with Gasteiger partial charge >= 0.3 is 0 Å². The summed E-state index contributed by atoms with van der Waals surface area (Å²) in [6, 6.07) is 4.70. The lowest BCUT2D eigenvalue weighted by atomic mass is 10.3. The van der Waals surface area contributed by atoms with Gasteiger partial charge in [-0.25, -0.2) is 17.8 Å². The van der Waals surface area contributed by atoms with Gasteiger partial charge in [0.25, 0.3) is 10.0 Å².